The molecule has 0 spiro atoms. The number of rotatable bonds is 11. The molecule has 270 valence electrons. The van der Waals surface area contributed by atoms with Crippen LogP contribution in [0.2, 0.25) is 0 Å². The fraction of sp³-hybridized carbons (Fsp3) is 0.771. The van der Waals surface area contributed by atoms with Gasteiger partial charge in [0, 0.05) is 31.1 Å². The summed E-state index contributed by atoms with van der Waals surface area (Å²) in [5, 5.41) is 48.3. The van der Waals surface area contributed by atoms with E-state index < -0.39 is 77.3 Å². The molecule has 11 unspecified atom stereocenters. The van der Waals surface area contributed by atoms with Crippen molar-refractivity contribution in [3.8, 4) is 0 Å². The van der Waals surface area contributed by atoms with Gasteiger partial charge in [0.2, 0.25) is 5.91 Å². The number of allylic oxidation sites excluding steroid dienone is 4. The molecule has 1 aliphatic rings. The van der Waals surface area contributed by atoms with Crippen molar-refractivity contribution in [2.75, 3.05) is 7.11 Å². The van der Waals surface area contributed by atoms with Gasteiger partial charge in [0.25, 0.3) is 0 Å². The lowest BCUT2D eigenvalue weighted by Gasteiger charge is -2.44. The average molecular weight is 669 g/mol. The van der Waals surface area contributed by atoms with E-state index in [2.05, 4.69) is 10.5 Å². The van der Waals surface area contributed by atoms with Gasteiger partial charge >= 0.3 is 5.97 Å². The number of carbonyl (C=O) groups is 3. The summed E-state index contributed by atoms with van der Waals surface area (Å²) in [6, 6.07) is 0. The van der Waals surface area contributed by atoms with Crippen LogP contribution in [0.15, 0.2) is 28.9 Å². The zero-order chi connectivity index (χ0) is 36.3. The van der Waals surface area contributed by atoms with Crippen LogP contribution in [0.3, 0.4) is 0 Å². The second-order valence-electron chi connectivity index (χ2n) is 13.3. The summed E-state index contributed by atoms with van der Waals surface area (Å²) in [7, 11) is 1.41. The van der Waals surface area contributed by atoms with Crippen molar-refractivity contribution in [2.45, 2.75) is 143 Å². The molecule has 47 heavy (non-hydrogen) atoms. The van der Waals surface area contributed by atoms with Gasteiger partial charge in [0.1, 0.15) is 23.7 Å². The van der Waals surface area contributed by atoms with Gasteiger partial charge in [-0.3, -0.25) is 14.4 Å². The maximum atomic E-state index is 13.7. The van der Waals surface area contributed by atoms with Crippen molar-refractivity contribution >= 4 is 23.4 Å². The number of aliphatic hydroxyl groups excluding tert-OH is 3. The van der Waals surface area contributed by atoms with E-state index in [-0.39, 0.29) is 25.2 Å². The Hall–Kier alpha value is -2.48. The molecular weight excluding hydrogens is 608 g/mol. The van der Waals surface area contributed by atoms with Crippen LogP contribution in [0.1, 0.15) is 101 Å². The van der Waals surface area contributed by atoms with Crippen molar-refractivity contribution < 1.29 is 49.0 Å². The number of methoxy groups -OCH3 is 1. The van der Waals surface area contributed by atoms with Gasteiger partial charge in [-0.2, -0.15) is 5.10 Å². The highest BCUT2D eigenvalue weighted by molar-refractivity contribution is 6.00. The third-order valence-corrected chi connectivity index (χ3v) is 9.38. The van der Waals surface area contributed by atoms with Crippen molar-refractivity contribution in [2.24, 2.45) is 28.8 Å². The molecule has 5 N–H and O–H groups in total. The Morgan fingerprint density at radius 1 is 1.13 bits per heavy atom. The zero-order valence-corrected chi connectivity index (χ0v) is 30.1. The molecule has 0 bridgehead atoms. The molecule has 0 aromatic rings. The number of cyclic esters (lactones) is 1. The molecule has 1 amide bonds. The number of hydrazone groups is 1. The minimum Gasteiger partial charge on any atom is -0.459 e. The topological polar surface area (TPSA) is 184 Å². The number of hydrogen-bond donors (Lipinski definition) is 5. The Balaban J connectivity index is 3.76. The lowest BCUT2D eigenvalue weighted by Crippen LogP contribution is -2.57. The number of Topliss-reactive ketones (excluding diaryl/α,β-unsaturated/α-hetero) is 1. The molecule has 1 fully saturated rings. The SMILES string of the molecule is CC=C(C=CCC)CCC(=O)NN=C1C(C)CC(C)(OC)C(OC(O)C(C)O)C(C)C(=O)C(C)C(=O)OC(CC)C(C)(O)C(O)C1C. The molecule has 0 radical (unpaired) electrons. The minimum absolute atomic E-state index is 0.104. The summed E-state index contributed by atoms with van der Waals surface area (Å²) in [5.41, 5.74) is 0.635. The number of hydrogen-bond acceptors (Lipinski definition) is 11. The van der Waals surface area contributed by atoms with Crippen LogP contribution in [0.25, 0.3) is 0 Å². The van der Waals surface area contributed by atoms with Crippen molar-refractivity contribution in [3.63, 3.8) is 0 Å². The average Bonchev–Trinajstić information content (AvgIpc) is 3.03. The fourth-order valence-corrected chi connectivity index (χ4v) is 6.15. The maximum Gasteiger partial charge on any atom is 0.316 e. The smallest absolute Gasteiger partial charge is 0.316 e. The number of ketones is 1. The van der Waals surface area contributed by atoms with Crippen LogP contribution < -0.4 is 5.43 Å². The molecule has 1 heterocycles. The first-order valence-electron chi connectivity index (χ1n) is 16.7. The zero-order valence-electron chi connectivity index (χ0n) is 30.1. The number of nitrogens with one attached hydrogen (secondary N) is 1. The molecule has 0 aliphatic carbocycles. The molecular formula is C35H60N2O10. The van der Waals surface area contributed by atoms with Gasteiger partial charge in [-0.05, 0) is 66.2 Å². The number of amides is 1. The predicted molar refractivity (Wildman–Crippen MR) is 179 cm³/mol. The van der Waals surface area contributed by atoms with Crippen LogP contribution in [0.4, 0.5) is 0 Å². The van der Waals surface area contributed by atoms with Gasteiger partial charge in [-0.15, -0.1) is 0 Å². The van der Waals surface area contributed by atoms with E-state index in [1.54, 1.807) is 34.6 Å². The van der Waals surface area contributed by atoms with E-state index in [0.717, 1.165) is 12.0 Å². The largest absolute Gasteiger partial charge is 0.459 e. The number of carbonyl (C=O) groups excluding carboxylic acids is 3. The summed E-state index contributed by atoms with van der Waals surface area (Å²) in [6.45, 7) is 16.4. The summed E-state index contributed by atoms with van der Waals surface area (Å²) in [6.07, 6.45) is 0.828. The third kappa shape index (κ3) is 11.3. The number of ether oxygens (including phenoxy) is 3. The fourth-order valence-electron chi connectivity index (χ4n) is 6.15. The van der Waals surface area contributed by atoms with E-state index in [4.69, 9.17) is 14.2 Å². The second-order valence-corrected chi connectivity index (χ2v) is 13.3. The van der Waals surface area contributed by atoms with Crippen LogP contribution in [-0.2, 0) is 28.6 Å². The molecule has 1 saturated heterocycles. The highest BCUT2D eigenvalue weighted by atomic mass is 16.6. The predicted octanol–water partition coefficient (Wildman–Crippen LogP) is 3.59. The highest BCUT2D eigenvalue weighted by Gasteiger charge is 2.50. The van der Waals surface area contributed by atoms with Crippen LogP contribution >= 0.6 is 0 Å². The summed E-state index contributed by atoms with van der Waals surface area (Å²) in [5.74, 6) is -5.56. The number of esters is 1. The monoisotopic (exact) mass is 668 g/mol. The van der Waals surface area contributed by atoms with E-state index in [1.165, 1.54) is 27.9 Å². The normalized spacial score (nSPS) is 35.8. The van der Waals surface area contributed by atoms with Gasteiger partial charge < -0.3 is 34.6 Å². The van der Waals surface area contributed by atoms with E-state index in [0.29, 0.717) is 12.1 Å². The first-order chi connectivity index (χ1) is 21.8. The molecule has 1 rings (SSSR count). The van der Waals surface area contributed by atoms with Crippen molar-refractivity contribution in [1.82, 2.24) is 5.43 Å². The second kappa shape index (κ2) is 18.9. The molecule has 0 aromatic heterocycles. The van der Waals surface area contributed by atoms with Crippen LogP contribution in [0, 0.1) is 23.7 Å². The van der Waals surface area contributed by atoms with Gasteiger partial charge in [-0.1, -0.05) is 58.4 Å². The number of aliphatic hydroxyl groups is 4. The summed E-state index contributed by atoms with van der Waals surface area (Å²) in [4.78, 5) is 39.9. The van der Waals surface area contributed by atoms with Gasteiger partial charge in [-0.25, -0.2) is 5.43 Å². The lowest BCUT2D eigenvalue weighted by atomic mass is 9.74. The summed E-state index contributed by atoms with van der Waals surface area (Å²) < 4.78 is 17.5. The molecule has 12 heteroatoms. The molecule has 12 nitrogen and oxygen atoms in total. The first kappa shape index (κ1) is 42.5. The van der Waals surface area contributed by atoms with Gasteiger partial charge in [0.15, 0.2) is 12.1 Å². The number of nitrogens with zero attached hydrogens (tertiary/aromatic N) is 1. The molecule has 11 atom stereocenters. The third-order valence-electron chi connectivity index (χ3n) is 9.38. The standard InChI is InChI=1S/C35H60N2O10/c1-12-15-16-25(13-2)17-18-27(39)36-37-28-20(4)19-34(9,45-11)31(47-33(43)24(8)38)22(6)29(40)23(7)32(42)46-26(14-3)35(10,44)30(41)21(28)5/h13,15-16,20-24,26,30-31,33,38,41,43-44H,12,14,17-19H2,1-11H3,(H,36,39). The maximum absolute atomic E-state index is 13.7. The minimum atomic E-state index is -1.96. The van der Waals surface area contributed by atoms with E-state index >= 15 is 0 Å². The van der Waals surface area contributed by atoms with Crippen molar-refractivity contribution in [3.05, 3.63) is 23.8 Å². The molecule has 1 aliphatic heterocycles. The first-order valence-corrected chi connectivity index (χ1v) is 16.7. The Labute approximate surface area is 280 Å². The quantitative estimate of drug-likeness (QED) is 0.0717. The lowest BCUT2D eigenvalue weighted by molar-refractivity contribution is -0.240. The summed E-state index contributed by atoms with van der Waals surface area (Å²) >= 11 is 0. The Bertz CT molecular complexity index is 1130. The molecule has 0 aromatic carbocycles. The van der Waals surface area contributed by atoms with Crippen LogP contribution in [-0.4, -0.2) is 92.8 Å². The van der Waals surface area contributed by atoms with Crippen LogP contribution in [0.5, 0.6) is 0 Å². The van der Waals surface area contributed by atoms with Gasteiger partial charge in [0.05, 0.1) is 17.8 Å². The van der Waals surface area contributed by atoms with Crippen molar-refractivity contribution in [1.29, 1.82) is 0 Å². The van der Waals surface area contributed by atoms with E-state index in [1.807, 2.05) is 32.1 Å². The Kier molecular flexibility index (Phi) is 17.1. The highest BCUT2D eigenvalue weighted by Crippen LogP contribution is 2.37. The Morgan fingerprint density at radius 2 is 1.74 bits per heavy atom. The molecule has 0 saturated carbocycles. The Morgan fingerprint density at radius 3 is 2.26 bits per heavy atom. The van der Waals surface area contributed by atoms with E-state index in [9.17, 15) is 34.8 Å².